The summed E-state index contributed by atoms with van der Waals surface area (Å²) in [5.41, 5.74) is 1.98. The lowest BCUT2D eigenvalue weighted by Crippen LogP contribution is -2.25. The number of benzene rings is 2. The molecule has 0 atom stereocenters. The fourth-order valence-electron chi connectivity index (χ4n) is 4.90. The Morgan fingerprint density at radius 2 is 1.65 bits per heavy atom. The van der Waals surface area contributed by atoms with Gasteiger partial charge in [-0.15, -0.1) is 0 Å². The smallest absolute Gasteiger partial charge is 0.416 e. The SMILES string of the molecule is C=C(C)c1ccc(OC)c(-c2cc(OC)c(OC)cc2CN(Cc2cc(C#N)cc(C(F)(F)F)c2)c2ncc(OCCCC(=O)[O-])cn2)n1. The van der Waals surface area contributed by atoms with Gasteiger partial charge in [0.05, 0.1) is 63.2 Å². The van der Waals surface area contributed by atoms with Crippen molar-refractivity contribution in [2.24, 2.45) is 0 Å². The van der Waals surface area contributed by atoms with E-state index in [1.807, 2.05) is 6.92 Å². The summed E-state index contributed by atoms with van der Waals surface area (Å²) in [5, 5.41) is 20.2. The molecule has 256 valence electrons. The van der Waals surface area contributed by atoms with Gasteiger partial charge < -0.3 is 33.7 Å². The van der Waals surface area contributed by atoms with E-state index in [-0.39, 0.29) is 55.4 Å². The number of carbonyl (C=O) groups is 1. The van der Waals surface area contributed by atoms with Crippen LogP contribution in [0.15, 0.2) is 61.4 Å². The first-order valence-corrected chi connectivity index (χ1v) is 14.8. The number of aromatic nitrogens is 3. The van der Waals surface area contributed by atoms with Gasteiger partial charge in [0, 0.05) is 24.6 Å². The molecule has 0 aliphatic rings. The molecule has 0 fully saturated rings. The van der Waals surface area contributed by atoms with Crippen LogP contribution in [0.5, 0.6) is 23.0 Å². The Morgan fingerprint density at radius 1 is 0.980 bits per heavy atom. The summed E-state index contributed by atoms with van der Waals surface area (Å²) in [7, 11) is 4.46. The molecule has 11 nitrogen and oxygen atoms in total. The summed E-state index contributed by atoms with van der Waals surface area (Å²) in [6, 6.07) is 11.9. The minimum Gasteiger partial charge on any atom is -0.550 e. The average molecular weight is 677 g/mol. The quantitative estimate of drug-likeness (QED) is 0.145. The number of allylic oxidation sites excluding steroid dienone is 1. The zero-order valence-corrected chi connectivity index (χ0v) is 27.3. The minimum atomic E-state index is -4.69. The normalized spacial score (nSPS) is 11.0. The number of anilines is 1. The molecular weight excluding hydrogens is 643 g/mol. The summed E-state index contributed by atoms with van der Waals surface area (Å²) in [5.74, 6) is 0.389. The molecule has 0 radical (unpaired) electrons. The van der Waals surface area contributed by atoms with Gasteiger partial charge in [-0.2, -0.15) is 18.4 Å². The second-order valence-electron chi connectivity index (χ2n) is 10.8. The second-order valence-corrected chi connectivity index (χ2v) is 10.8. The second kappa shape index (κ2) is 15.8. The van der Waals surface area contributed by atoms with E-state index in [1.165, 1.54) is 39.8 Å². The van der Waals surface area contributed by atoms with Crippen molar-refractivity contribution in [3.8, 4) is 40.3 Å². The van der Waals surface area contributed by atoms with Crippen molar-refractivity contribution in [3.63, 3.8) is 0 Å². The molecule has 0 saturated carbocycles. The Kier molecular flexibility index (Phi) is 11.6. The standard InChI is InChI=1S/C35H34F3N5O6/c1-21(2)28-8-9-29(46-3)33(42-28)27-15-31(48-5)30(47-4)14-24(27)20-43(19-23-11-22(16-39)12-25(13-23)35(36,37)38)34-40-17-26(18-41-34)49-10-6-7-32(44)45/h8-9,11-15,17-18H,1,6-7,10,19-20H2,2-5H3,(H,44,45)/p-1. The fourth-order valence-corrected chi connectivity index (χ4v) is 4.90. The Balaban J connectivity index is 1.85. The first-order chi connectivity index (χ1) is 23.4. The number of pyridine rings is 1. The van der Waals surface area contributed by atoms with E-state index in [1.54, 1.807) is 35.2 Å². The molecule has 0 aliphatic carbocycles. The van der Waals surface area contributed by atoms with Gasteiger partial charge in [-0.25, -0.2) is 15.0 Å². The van der Waals surface area contributed by atoms with E-state index < -0.39 is 17.7 Å². The van der Waals surface area contributed by atoms with Gasteiger partial charge in [-0.1, -0.05) is 6.58 Å². The maximum atomic E-state index is 13.8. The number of alkyl halides is 3. The third-order valence-electron chi connectivity index (χ3n) is 7.26. The van der Waals surface area contributed by atoms with Gasteiger partial charge in [0.15, 0.2) is 17.2 Å². The average Bonchev–Trinajstić information content (AvgIpc) is 3.08. The van der Waals surface area contributed by atoms with E-state index in [9.17, 15) is 28.3 Å². The molecule has 0 saturated heterocycles. The number of hydrogen-bond acceptors (Lipinski definition) is 11. The highest BCUT2D eigenvalue weighted by molar-refractivity contribution is 5.75. The van der Waals surface area contributed by atoms with Gasteiger partial charge in [-0.3, -0.25) is 0 Å². The van der Waals surface area contributed by atoms with Crippen molar-refractivity contribution in [2.75, 3.05) is 32.8 Å². The van der Waals surface area contributed by atoms with Gasteiger partial charge in [0.1, 0.15) is 11.4 Å². The van der Waals surface area contributed by atoms with Gasteiger partial charge >= 0.3 is 6.18 Å². The molecule has 0 N–H and O–H groups in total. The lowest BCUT2D eigenvalue weighted by Gasteiger charge is -2.26. The highest BCUT2D eigenvalue weighted by Gasteiger charge is 2.31. The van der Waals surface area contributed by atoms with Gasteiger partial charge in [0.25, 0.3) is 0 Å². The monoisotopic (exact) mass is 676 g/mol. The number of ether oxygens (including phenoxy) is 4. The lowest BCUT2D eigenvalue weighted by molar-refractivity contribution is -0.305. The van der Waals surface area contributed by atoms with Crippen LogP contribution in [0.1, 0.15) is 47.7 Å². The van der Waals surface area contributed by atoms with Crippen LogP contribution in [0.2, 0.25) is 0 Å². The number of nitriles is 1. The largest absolute Gasteiger partial charge is 0.550 e. The Morgan fingerprint density at radius 3 is 2.24 bits per heavy atom. The molecule has 2 heterocycles. The molecule has 0 bridgehead atoms. The van der Waals surface area contributed by atoms with E-state index in [0.29, 0.717) is 45.3 Å². The summed E-state index contributed by atoms with van der Waals surface area (Å²) in [4.78, 5) is 26.0. The first kappa shape index (κ1) is 36.0. The van der Waals surface area contributed by atoms with Crippen molar-refractivity contribution >= 4 is 17.5 Å². The zero-order chi connectivity index (χ0) is 35.7. The predicted molar refractivity (Wildman–Crippen MR) is 172 cm³/mol. The van der Waals surface area contributed by atoms with Crippen LogP contribution in [-0.2, 0) is 24.1 Å². The number of methoxy groups -OCH3 is 3. The van der Waals surface area contributed by atoms with Crippen LogP contribution in [0.3, 0.4) is 0 Å². The van der Waals surface area contributed by atoms with Crippen molar-refractivity contribution in [1.29, 1.82) is 5.26 Å². The molecule has 14 heteroatoms. The molecule has 49 heavy (non-hydrogen) atoms. The molecule has 2 aromatic heterocycles. The first-order valence-electron chi connectivity index (χ1n) is 14.8. The summed E-state index contributed by atoms with van der Waals surface area (Å²) in [6.07, 6.45) is -1.92. The van der Waals surface area contributed by atoms with Crippen molar-refractivity contribution in [1.82, 2.24) is 15.0 Å². The van der Waals surface area contributed by atoms with E-state index >= 15 is 0 Å². The fraction of sp³-hybridized carbons (Fsp3) is 0.286. The zero-order valence-electron chi connectivity index (χ0n) is 27.3. The Hall–Kier alpha value is -5.84. The minimum absolute atomic E-state index is 0.0156. The van der Waals surface area contributed by atoms with Crippen LogP contribution in [0, 0.1) is 11.3 Å². The number of halogens is 3. The Labute approximate surface area is 281 Å². The van der Waals surface area contributed by atoms with Gasteiger partial charge in [-0.05, 0) is 78.9 Å². The van der Waals surface area contributed by atoms with E-state index in [2.05, 4.69) is 16.5 Å². The third-order valence-corrected chi connectivity index (χ3v) is 7.26. The molecule has 2 aromatic carbocycles. The van der Waals surface area contributed by atoms with Crippen molar-refractivity contribution in [3.05, 3.63) is 89.4 Å². The number of carbonyl (C=O) groups excluding carboxylic acids is 1. The molecule has 0 aliphatic heterocycles. The molecule has 4 aromatic rings. The van der Waals surface area contributed by atoms with E-state index in [4.69, 9.17) is 23.9 Å². The number of aliphatic carboxylic acids is 1. The topological polar surface area (TPSA) is 143 Å². The molecular formula is C35H33F3N5O6-. The highest BCUT2D eigenvalue weighted by atomic mass is 19.4. The van der Waals surface area contributed by atoms with Crippen LogP contribution < -0.4 is 29.0 Å². The highest BCUT2D eigenvalue weighted by Crippen LogP contribution is 2.40. The molecule has 4 rings (SSSR count). The summed E-state index contributed by atoms with van der Waals surface area (Å²) < 4.78 is 63.8. The lowest BCUT2D eigenvalue weighted by atomic mass is 10.00. The number of hydrogen-bond donors (Lipinski definition) is 0. The molecule has 0 unspecified atom stereocenters. The molecule has 0 spiro atoms. The number of rotatable bonds is 15. The maximum absolute atomic E-state index is 13.8. The van der Waals surface area contributed by atoms with Crippen LogP contribution >= 0.6 is 0 Å². The molecule has 0 amide bonds. The van der Waals surface area contributed by atoms with Crippen molar-refractivity contribution in [2.45, 2.75) is 39.0 Å². The van der Waals surface area contributed by atoms with E-state index in [0.717, 1.165) is 12.1 Å². The van der Waals surface area contributed by atoms with Crippen LogP contribution in [0.25, 0.3) is 16.8 Å². The summed E-state index contributed by atoms with van der Waals surface area (Å²) in [6.45, 7) is 5.76. The third kappa shape index (κ3) is 9.16. The van der Waals surface area contributed by atoms with Gasteiger partial charge in [0.2, 0.25) is 5.95 Å². The Bertz CT molecular complexity index is 1860. The maximum Gasteiger partial charge on any atom is 0.416 e. The number of carboxylic acid groups (broad SMARTS) is 1. The predicted octanol–water partition coefficient (Wildman–Crippen LogP) is 5.60. The van der Waals surface area contributed by atoms with Crippen LogP contribution in [-0.4, -0.2) is 48.9 Å². The number of carboxylic acids is 1. The van der Waals surface area contributed by atoms with Crippen LogP contribution in [0.4, 0.5) is 19.1 Å². The number of nitrogens with zero attached hydrogens (tertiary/aromatic N) is 5. The summed E-state index contributed by atoms with van der Waals surface area (Å²) >= 11 is 0. The van der Waals surface area contributed by atoms with Crippen molar-refractivity contribution < 1.29 is 42.0 Å².